The van der Waals surface area contributed by atoms with E-state index in [9.17, 15) is 4.39 Å². The maximum absolute atomic E-state index is 15.2. The summed E-state index contributed by atoms with van der Waals surface area (Å²) in [4.78, 5) is 10.6. The number of aromatic nitrogens is 2. The summed E-state index contributed by atoms with van der Waals surface area (Å²) in [5.41, 5.74) is 2.99. The summed E-state index contributed by atoms with van der Waals surface area (Å²) in [6, 6.07) is 12.2. The molecule has 2 N–H and O–H groups in total. The molecule has 2 aromatic heterocycles. The molecule has 2 aliphatic rings. The summed E-state index contributed by atoms with van der Waals surface area (Å²) in [5, 5.41) is 4.36. The summed E-state index contributed by atoms with van der Waals surface area (Å²) < 4.78 is 38.3. The van der Waals surface area contributed by atoms with Gasteiger partial charge in [0.05, 0.1) is 37.8 Å². The Morgan fingerprint density at radius 1 is 1.24 bits per heavy atom. The van der Waals surface area contributed by atoms with Gasteiger partial charge in [-0.05, 0) is 50.1 Å². The van der Waals surface area contributed by atoms with Crippen molar-refractivity contribution < 1.29 is 18.3 Å². The molecule has 2 atom stereocenters. The Kier molecular flexibility index (Phi) is 6.81. The molecule has 8 heteroatoms. The van der Waals surface area contributed by atoms with Crippen LogP contribution in [0.15, 0.2) is 42.6 Å². The molecule has 3 aromatic rings. The summed E-state index contributed by atoms with van der Waals surface area (Å²) in [6.45, 7) is 4.20. The van der Waals surface area contributed by atoms with E-state index in [0.29, 0.717) is 38.4 Å². The predicted octanol–water partition coefficient (Wildman–Crippen LogP) is 3.97. The number of H-pyrrole nitrogens is 1. The van der Waals surface area contributed by atoms with E-state index in [1.165, 1.54) is 10.9 Å². The second-order valence-corrected chi connectivity index (χ2v) is 9.39. The fourth-order valence-corrected chi connectivity index (χ4v) is 5.01. The number of rotatable bonds is 10. The lowest BCUT2D eigenvalue weighted by Gasteiger charge is -2.45. The minimum absolute atomic E-state index is 0.141. The molecule has 34 heavy (non-hydrogen) atoms. The van der Waals surface area contributed by atoms with Crippen LogP contribution in [0.25, 0.3) is 10.9 Å². The average Bonchev–Trinajstić information content (AvgIpc) is 3.19. The number of alkyl halides is 2. The summed E-state index contributed by atoms with van der Waals surface area (Å²) in [5.74, 6) is 0.678. The van der Waals surface area contributed by atoms with E-state index in [1.54, 1.807) is 6.20 Å². The molecule has 1 fully saturated rings. The smallest absolute Gasteiger partial charge is 0.169 e. The summed E-state index contributed by atoms with van der Waals surface area (Å²) in [7, 11) is 0. The van der Waals surface area contributed by atoms with Crippen molar-refractivity contribution in [2.45, 2.75) is 37.5 Å². The van der Waals surface area contributed by atoms with Crippen LogP contribution >= 0.6 is 0 Å². The van der Waals surface area contributed by atoms with Crippen LogP contribution in [0.5, 0.6) is 5.75 Å². The molecule has 0 saturated carbocycles. The molecule has 2 aliphatic heterocycles. The molecule has 0 spiro atoms. The number of ether oxygens (including phenoxy) is 2. The third-order valence-electron chi connectivity index (χ3n) is 6.78. The highest BCUT2D eigenvalue weighted by Gasteiger charge is 2.46. The summed E-state index contributed by atoms with van der Waals surface area (Å²) in [6.07, 6.45) is 3.09. The highest BCUT2D eigenvalue weighted by Crippen LogP contribution is 2.42. The number of para-hydroxylation sites is 1. The van der Waals surface area contributed by atoms with Crippen LogP contribution in [0.4, 0.5) is 8.78 Å². The van der Waals surface area contributed by atoms with E-state index in [1.807, 2.05) is 18.2 Å². The third kappa shape index (κ3) is 4.67. The number of benzene rings is 1. The van der Waals surface area contributed by atoms with Crippen molar-refractivity contribution in [2.75, 3.05) is 46.1 Å². The Bertz CT molecular complexity index is 1100. The summed E-state index contributed by atoms with van der Waals surface area (Å²) >= 11 is 0. The molecule has 6 nitrogen and oxygen atoms in total. The van der Waals surface area contributed by atoms with Crippen LogP contribution in [0.2, 0.25) is 0 Å². The first-order valence-electron chi connectivity index (χ1n) is 12.1. The van der Waals surface area contributed by atoms with E-state index in [4.69, 9.17) is 14.5 Å². The van der Waals surface area contributed by atoms with Crippen molar-refractivity contribution in [1.82, 2.24) is 20.2 Å². The lowest BCUT2D eigenvalue weighted by Crippen LogP contribution is -2.57. The number of pyridine rings is 1. The fraction of sp³-hybridized carbons (Fsp3) is 0.500. The Morgan fingerprint density at radius 2 is 2.09 bits per heavy atom. The molecule has 0 aliphatic carbocycles. The van der Waals surface area contributed by atoms with Gasteiger partial charge in [0.25, 0.3) is 0 Å². The number of nitrogens with one attached hydrogen (secondary N) is 2. The minimum Gasteiger partial charge on any atom is -0.491 e. The quantitative estimate of drug-likeness (QED) is 0.439. The zero-order valence-corrected chi connectivity index (χ0v) is 19.5. The monoisotopic (exact) mass is 470 g/mol. The van der Waals surface area contributed by atoms with E-state index >= 15 is 4.39 Å². The number of aromatic amines is 1. The molecule has 5 rings (SSSR count). The van der Waals surface area contributed by atoms with Crippen LogP contribution in [-0.2, 0) is 11.2 Å². The molecule has 1 aromatic carbocycles. The lowest BCUT2D eigenvalue weighted by atomic mass is 9.88. The lowest BCUT2D eigenvalue weighted by molar-refractivity contribution is -0.148. The van der Waals surface area contributed by atoms with Crippen molar-refractivity contribution in [3.63, 3.8) is 0 Å². The van der Waals surface area contributed by atoms with Gasteiger partial charge in [0.15, 0.2) is 5.67 Å². The highest BCUT2D eigenvalue weighted by atomic mass is 19.1. The normalized spacial score (nSPS) is 21.9. The first-order chi connectivity index (χ1) is 16.6. The molecule has 182 valence electrons. The number of halogens is 2. The first kappa shape index (κ1) is 23.2. The van der Waals surface area contributed by atoms with Crippen LogP contribution < -0.4 is 10.1 Å². The average molecular weight is 471 g/mol. The topological polar surface area (TPSA) is 62.4 Å². The molecular weight excluding hydrogens is 438 g/mol. The highest BCUT2D eigenvalue weighted by molar-refractivity contribution is 5.85. The van der Waals surface area contributed by atoms with E-state index in [0.717, 1.165) is 23.3 Å². The number of nitrogens with zero attached hydrogens (tertiary/aromatic N) is 2. The van der Waals surface area contributed by atoms with Gasteiger partial charge in [0.2, 0.25) is 0 Å². The first-order valence-corrected chi connectivity index (χ1v) is 12.1. The Labute approximate surface area is 198 Å². The number of hydrogen-bond donors (Lipinski definition) is 2. The zero-order chi connectivity index (χ0) is 23.5. The van der Waals surface area contributed by atoms with Gasteiger partial charge in [0, 0.05) is 35.7 Å². The van der Waals surface area contributed by atoms with Gasteiger partial charge < -0.3 is 19.8 Å². The van der Waals surface area contributed by atoms with Gasteiger partial charge in [-0.15, -0.1) is 0 Å². The van der Waals surface area contributed by atoms with Gasteiger partial charge in [0.1, 0.15) is 12.4 Å². The third-order valence-corrected chi connectivity index (χ3v) is 6.78. The number of fused-ring (bicyclic) bond motifs is 3. The molecule has 0 amide bonds. The van der Waals surface area contributed by atoms with Crippen LogP contribution in [-0.4, -0.2) is 72.7 Å². The second-order valence-electron chi connectivity index (χ2n) is 9.39. The largest absolute Gasteiger partial charge is 0.491 e. The maximum Gasteiger partial charge on any atom is 0.169 e. The Morgan fingerprint density at radius 3 is 2.82 bits per heavy atom. The molecule has 0 bridgehead atoms. The van der Waals surface area contributed by atoms with Crippen molar-refractivity contribution in [3.05, 3.63) is 59.5 Å². The van der Waals surface area contributed by atoms with Crippen LogP contribution in [0.1, 0.15) is 36.3 Å². The standard InChI is InChI=1S/C26H32F2N4O2/c1-18-13-21-20-5-2-3-6-22(20)31-24(21)25(32(18)15-26(28)16-33-17-26)23-8-7-19(14-30-23)34-12-11-29-10-4-9-27/h2-3,5-8,14,18,25,29,31H,4,9-13,15-17H2,1H3/t18-,25-/m1/s1. The predicted molar refractivity (Wildman–Crippen MR) is 128 cm³/mol. The molecule has 0 unspecified atom stereocenters. The van der Waals surface area contributed by atoms with Crippen molar-refractivity contribution >= 4 is 10.9 Å². The van der Waals surface area contributed by atoms with Crippen LogP contribution in [0.3, 0.4) is 0 Å². The van der Waals surface area contributed by atoms with Crippen molar-refractivity contribution in [2.24, 2.45) is 0 Å². The minimum atomic E-state index is -1.33. The van der Waals surface area contributed by atoms with Gasteiger partial charge in [-0.3, -0.25) is 14.3 Å². The second kappa shape index (κ2) is 9.98. The van der Waals surface area contributed by atoms with E-state index < -0.39 is 5.67 Å². The number of hydrogen-bond acceptors (Lipinski definition) is 5. The van der Waals surface area contributed by atoms with Crippen LogP contribution in [0, 0.1) is 0 Å². The van der Waals surface area contributed by atoms with Crippen molar-refractivity contribution in [1.29, 1.82) is 0 Å². The van der Waals surface area contributed by atoms with Gasteiger partial charge in [-0.1, -0.05) is 18.2 Å². The fourth-order valence-electron chi connectivity index (χ4n) is 5.01. The van der Waals surface area contributed by atoms with Gasteiger partial charge in [-0.25, -0.2) is 4.39 Å². The SMILES string of the molecule is C[C@@H]1Cc2c([nH]c3ccccc23)[C@@H](c2ccc(OCCNCCCF)cn2)N1CC1(F)COC1. The van der Waals surface area contributed by atoms with Gasteiger partial charge >= 0.3 is 0 Å². The molecule has 0 radical (unpaired) electrons. The molecular formula is C26H32F2N4O2. The Hall–Kier alpha value is -2.55. The van der Waals surface area contributed by atoms with Crippen molar-refractivity contribution in [3.8, 4) is 5.75 Å². The molecule has 4 heterocycles. The zero-order valence-electron chi connectivity index (χ0n) is 19.5. The van der Waals surface area contributed by atoms with Gasteiger partial charge in [-0.2, -0.15) is 0 Å². The Balaban J connectivity index is 1.40. The molecule has 1 saturated heterocycles. The van der Waals surface area contributed by atoms with E-state index in [2.05, 4.69) is 40.3 Å². The van der Waals surface area contributed by atoms with E-state index in [-0.39, 0.29) is 32.0 Å². The maximum atomic E-state index is 15.2.